The van der Waals surface area contributed by atoms with Gasteiger partial charge in [0.1, 0.15) is 17.1 Å². The Labute approximate surface area is 142 Å². The number of phenolic OH excluding ortho intramolecular Hbond substituents is 1. The Hall–Kier alpha value is -2.20. The van der Waals surface area contributed by atoms with Crippen LogP contribution in [-0.4, -0.2) is 30.8 Å². The first kappa shape index (κ1) is 15.3. The summed E-state index contributed by atoms with van der Waals surface area (Å²) >= 11 is 0. The Kier molecular flexibility index (Phi) is 3.85. The second kappa shape index (κ2) is 6.02. The number of piperidine rings is 1. The molecule has 2 aliphatic rings. The van der Waals surface area contributed by atoms with Crippen LogP contribution in [0.25, 0.3) is 0 Å². The van der Waals surface area contributed by atoms with E-state index < -0.39 is 0 Å². The molecule has 4 nitrogen and oxygen atoms in total. The summed E-state index contributed by atoms with van der Waals surface area (Å²) in [5, 5.41) is 16.6. The molecule has 2 aliphatic heterocycles. The Morgan fingerprint density at radius 1 is 1.17 bits per heavy atom. The van der Waals surface area contributed by atoms with Crippen LogP contribution in [0.4, 0.5) is 5.69 Å². The van der Waals surface area contributed by atoms with Crippen LogP contribution in [0, 0.1) is 0 Å². The van der Waals surface area contributed by atoms with Crippen LogP contribution < -0.4 is 15.4 Å². The lowest BCUT2D eigenvalue weighted by molar-refractivity contribution is 0.0114. The van der Waals surface area contributed by atoms with Gasteiger partial charge in [-0.25, -0.2) is 0 Å². The average molecular weight is 324 g/mol. The Morgan fingerprint density at radius 3 is 2.75 bits per heavy atom. The highest BCUT2D eigenvalue weighted by molar-refractivity contribution is 5.55. The quantitative estimate of drug-likeness (QED) is 0.792. The van der Waals surface area contributed by atoms with Crippen LogP contribution in [0.2, 0.25) is 0 Å². The largest absolute Gasteiger partial charge is 0.508 e. The van der Waals surface area contributed by atoms with E-state index in [2.05, 4.69) is 34.9 Å². The van der Waals surface area contributed by atoms with Crippen LogP contribution in [0.3, 0.4) is 0 Å². The maximum Gasteiger partial charge on any atom is 0.126 e. The number of phenols is 1. The standard InChI is InChI=1S/C20H24N2O2/c1-21-15-5-6-17-18(14-3-2-4-16(23)11-14)13-20(24-19(17)12-15)7-9-22-10-8-20/h2-6,11-12,18,21-23H,7-10,13H2,1H3. The molecule has 4 heteroatoms. The Bertz CT molecular complexity index is 738. The summed E-state index contributed by atoms with van der Waals surface area (Å²) in [5.41, 5.74) is 3.33. The average Bonchev–Trinajstić information content (AvgIpc) is 2.61. The number of ether oxygens (including phenoxy) is 1. The molecule has 2 heterocycles. The molecule has 0 aromatic heterocycles. The molecule has 1 saturated heterocycles. The molecule has 0 saturated carbocycles. The van der Waals surface area contributed by atoms with E-state index in [4.69, 9.17) is 4.74 Å². The van der Waals surface area contributed by atoms with Crippen molar-refractivity contribution in [2.24, 2.45) is 0 Å². The molecule has 24 heavy (non-hydrogen) atoms. The van der Waals surface area contributed by atoms with Gasteiger partial charge < -0.3 is 20.5 Å². The lowest BCUT2D eigenvalue weighted by Crippen LogP contribution is -2.49. The van der Waals surface area contributed by atoms with Crippen LogP contribution in [-0.2, 0) is 0 Å². The van der Waals surface area contributed by atoms with Gasteiger partial charge in [0.05, 0.1) is 0 Å². The molecule has 1 unspecified atom stereocenters. The minimum Gasteiger partial charge on any atom is -0.508 e. The predicted molar refractivity (Wildman–Crippen MR) is 96.0 cm³/mol. The number of nitrogens with one attached hydrogen (secondary N) is 2. The van der Waals surface area contributed by atoms with Gasteiger partial charge in [0.2, 0.25) is 0 Å². The second-order valence-corrected chi connectivity index (χ2v) is 6.89. The molecule has 0 amide bonds. The number of aromatic hydroxyl groups is 1. The third kappa shape index (κ3) is 2.71. The molecule has 0 bridgehead atoms. The van der Waals surface area contributed by atoms with E-state index in [9.17, 15) is 5.11 Å². The molecule has 1 atom stereocenters. The van der Waals surface area contributed by atoms with Gasteiger partial charge in [-0.1, -0.05) is 18.2 Å². The molecule has 2 aromatic carbocycles. The molecule has 1 fully saturated rings. The topological polar surface area (TPSA) is 53.5 Å². The van der Waals surface area contributed by atoms with Crippen molar-refractivity contribution in [2.75, 3.05) is 25.5 Å². The Balaban J connectivity index is 1.80. The smallest absolute Gasteiger partial charge is 0.126 e. The summed E-state index contributed by atoms with van der Waals surface area (Å²) in [7, 11) is 1.93. The summed E-state index contributed by atoms with van der Waals surface area (Å²) < 4.78 is 6.54. The molecular formula is C20H24N2O2. The molecule has 4 rings (SSSR count). The van der Waals surface area contributed by atoms with Crippen molar-refractivity contribution in [1.82, 2.24) is 5.32 Å². The van der Waals surface area contributed by atoms with Crippen molar-refractivity contribution in [3.05, 3.63) is 53.6 Å². The summed E-state index contributed by atoms with van der Waals surface area (Å²) in [5.74, 6) is 1.56. The molecular weight excluding hydrogens is 300 g/mol. The van der Waals surface area contributed by atoms with Gasteiger partial charge in [-0.15, -0.1) is 0 Å². The molecule has 0 radical (unpaired) electrons. The van der Waals surface area contributed by atoms with E-state index in [1.54, 1.807) is 6.07 Å². The number of anilines is 1. The van der Waals surface area contributed by atoms with Gasteiger partial charge in [-0.3, -0.25) is 0 Å². The molecule has 126 valence electrons. The normalized spacial score (nSPS) is 21.8. The van der Waals surface area contributed by atoms with Crippen LogP contribution in [0.15, 0.2) is 42.5 Å². The highest BCUT2D eigenvalue weighted by atomic mass is 16.5. The van der Waals surface area contributed by atoms with E-state index in [0.29, 0.717) is 5.75 Å². The van der Waals surface area contributed by atoms with Gasteiger partial charge >= 0.3 is 0 Å². The van der Waals surface area contributed by atoms with Crippen LogP contribution >= 0.6 is 0 Å². The maximum atomic E-state index is 9.92. The monoisotopic (exact) mass is 324 g/mol. The van der Waals surface area contributed by atoms with E-state index in [-0.39, 0.29) is 11.5 Å². The van der Waals surface area contributed by atoms with E-state index in [1.165, 1.54) is 5.56 Å². The van der Waals surface area contributed by atoms with Gasteiger partial charge in [-0.05, 0) is 56.1 Å². The van der Waals surface area contributed by atoms with E-state index >= 15 is 0 Å². The number of hydrogen-bond donors (Lipinski definition) is 3. The lowest BCUT2D eigenvalue weighted by Gasteiger charge is -2.45. The summed E-state index contributed by atoms with van der Waals surface area (Å²) in [6, 6.07) is 14.0. The van der Waals surface area contributed by atoms with Crippen molar-refractivity contribution in [3.63, 3.8) is 0 Å². The van der Waals surface area contributed by atoms with Crippen LogP contribution in [0.1, 0.15) is 36.3 Å². The molecule has 1 spiro atoms. The van der Waals surface area contributed by atoms with Crippen molar-refractivity contribution >= 4 is 5.69 Å². The van der Waals surface area contributed by atoms with E-state index in [1.807, 2.05) is 19.2 Å². The highest BCUT2D eigenvalue weighted by Gasteiger charge is 2.42. The lowest BCUT2D eigenvalue weighted by atomic mass is 9.75. The first-order chi connectivity index (χ1) is 11.7. The zero-order valence-corrected chi connectivity index (χ0v) is 14.0. The third-order valence-corrected chi connectivity index (χ3v) is 5.37. The van der Waals surface area contributed by atoms with Gasteiger partial charge in [0, 0.05) is 30.3 Å². The fraction of sp³-hybridized carbons (Fsp3) is 0.400. The second-order valence-electron chi connectivity index (χ2n) is 6.89. The molecule has 2 aromatic rings. The number of rotatable bonds is 2. The number of fused-ring (bicyclic) bond motifs is 1. The first-order valence-corrected chi connectivity index (χ1v) is 8.69. The molecule has 0 aliphatic carbocycles. The fourth-order valence-corrected chi connectivity index (χ4v) is 4.05. The number of hydrogen-bond acceptors (Lipinski definition) is 4. The van der Waals surface area contributed by atoms with Crippen molar-refractivity contribution in [2.45, 2.75) is 30.8 Å². The van der Waals surface area contributed by atoms with E-state index in [0.717, 1.165) is 49.4 Å². The zero-order valence-electron chi connectivity index (χ0n) is 14.0. The van der Waals surface area contributed by atoms with Gasteiger partial charge in [-0.2, -0.15) is 0 Å². The molecule has 3 N–H and O–H groups in total. The summed E-state index contributed by atoms with van der Waals surface area (Å²) in [6.45, 7) is 1.99. The summed E-state index contributed by atoms with van der Waals surface area (Å²) in [6.07, 6.45) is 3.00. The first-order valence-electron chi connectivity index (χ1n) is 8.69. The minimum absolute atomic E-state index is 0.110. The van der Waals surface area contributed by atoms with Gasteiger partial charge in [0.15, 0.2) is 0 Å². The van der Waals surface area contributed by atoms with Crippen LogP contribution in [0.5, 0.6) is 11.5 Å². The van der Waals surface area contributed by atoms with Crippen molar-refractivity contribution < 1.29 is 9.84 Å². The van der Waals surface area contributed by atoms with Crippen molar-refractivity contribution in [3.8, 4) is 11.5 Å². The minimum atomic E-state index is -0.110. The number of benzene rings is 2. The Morgan fingerprint density at radius 2 is 2.00 bits per heavy atom. The zero-order chi connectivity index (χ0) is 16.6. The maximum absolute atomic E-state index is 9.92. The predicted octanol–water partition coefficient (Wildman–Crippen LogP) is 3.47. The third-order valence-electron chi connectivity index (χ3n) is 5.37. The highest BCUT2D eigenvalue weighted by Crippen LogP contribution is 2.48. The summed E-state index contributed by atoms with van der Waals surface area (Å²) in [4.78, 5) is 0. The fourth-order valence-electron chi connectivity index (χ4n) is 4.05. The van der Waals surface area contributed by atoms with Gasteiger partial charge in [0.25, 0.3) is 0 Å². The SMILES string of the molecule is CNc1ccc2c(c1)OC1(CCNCC1)CC2c1cccc(O)c1. The van der Waals surface area contributed by atoms with Crippen molar-refractivity contribution in [1.29, 1.82) is 0 Å².